The second kappa shape index (κ2) is 5.85. The lowest BCUT2D eigenvalue weighted by Gasteiger charge is -2.21. The molecule has 1 unspecified atom stereocenters. The molecule has 22 heavy (non-hydrogen) atoms. The Balaban J connectivity index is 2.15. The molecule has 1 aromatic carbocycles. The summed E-state index contributed by atoms with van der Waals surface area (Å²) < 4.78 is 5.03. The van der Waals surface area contributed by atoms with E-state index < -0.39 is 11.9 Å². The number of fused-ring (bicyclic) bond motifs is 1. The van der Waals surface area contributed by atoms with Gasteiger partial charge in [0.25, 0.3) is 0 Å². The first kappa shape index (κ1) is 14.1. The zero-order chi connectivity index (χ0) is 15.5. The van der Waals surface area contributed by atoms with Crippen LogP contribution >= 0.6 is 0 Å². The molecule has 0 spiro atoms. The van der Waals surface area contributed by atoms with Gasteiger partial charge < -0.3 is 4.74 Å². The molecule has 110 valence electrons. The van der Waals surface area contributed by atoms with Gasteiger partial charge in [0, 0.05) is 18.0 Å². The van der Waals surface area contributed by atoms with E-state index in [0.29, 0.717) is 16.9 Å². The number of carbonyl (C=O) groups excluding carboxylic acids is 2. The molecular formula is C16H13N3O3. The molecule has 1 atom stereocenters. The Hall–Kier alpha value is -2.89. The molecular weight excluding hydrogens is 282 g/mol. The average Bonchev–Trinajstić information content (AvgIpc) is 2.55. The van der Waals surface area contributed by atoms with Crippen LogP contribution < -0.4 is 0 Å². The highest BCUT2D eigenvalue weighted by Crippen LogP contribution is 2.30. The quantitative estimate of drug-likeness (QED) is 0.638. The van der Waals surface area contributed by atoms with Gasteiger partial charge >= 0.3 is 5.97 Å². The summed E-state index contributed by atoms with van der Waals surface area (Å²) in [5, 5.41) is 0. The summed E-state index contributed by atoms with van der Waals surface area (Å²) in [7, 11) is 0. The summed E-state index contributed by atoms with van der Waals surface area (Å²) in [5.41, 5.74) is 1.60. The van der Waals surface area contributed by atoms with E-state index in [1.165, 1.54) is 18.6 Å². The van der Waals surface area contributed by atoms with Gasteiger partial charge in [0.05, 0.1) is 24.2 Å². The number of esters is 1. The van der Waals surface area contributed by atoms with E-state index in [1.807, 2.05) is 0 Å². The molecule has 0 aliphatic carbocycles. The Morgan fingerprint density at radius 1 is 1.27 bits per heavy atom. The minimum atomic E-state index is -1.11. The number of carbonyl (C=O) groups is 2. The van der Waals surface area contributed by atoms with Gasteiger partial charge in [-0.2, -0.15) is 0 Å². The smallest absolute Gasteiger partial charge is 0.323 e. The fraction of sp³-hybridized carbons (Fsp3) is 0.188. The lowest BCUT2D eigenvalue weighted by Crippen LogP contribution is -2.36. The van der Waals surface area contributed by atoms with Crippen LogP contribution in [0, 0.1) is 5.92 Å². The van der Waals surface area contributed by atoms with Crippen molar-refractivity contribution in [2.75, 3.05) is 6.61 Å². The Morgan fingerprint density at radius 3 is 2.82 bits per heavy atom. The van der Waals surface area contributed by atoms with E-state index in [9.17, 15) is 9.59 Å². The van der Waals surface area contributed by atoms with E-state index in [2.05, 4.69) is 15.0 Å². The van der Waals surface area contributed by atoms with Crippen molar-refractivity contribution in [1.29, 1.82) is 0 Å². The summed E-state index contributed by atoms with van der Waals surface area (Å²) in [5.74, 6) is -2.05. The summed E-state index contributed by atoms with van der Waals surface area (Å²) in [6, 6.07) is 6.90. The average molecular weight is 295 g/mol. The van der Waals surface area contributed by atoms with Gasteiger partial charge in [0.2, 0.25) is 0 Å². The van der Waals surface area contributed by atoms with Crippen molar-refractivity contribution in [3.8, 4) is 0 Å². The lowest BCUT2D eigenvalue weighted by molar-refractivity contribution is -0.144. The number of aromatic nitrogens is 2. The third-order valence-corrected chi connectivity index (χ3v) is 3.29. The zero-order valence-corrected chi connectivity index (χ0v) is 11.9. The van der Waals surface area contributed by atoms with Crippen LogP contribution in [0.2, 0.25) is 0 Å². The topological polar surface area (TPSA) is 81.5 Å². The minimum absolute atomic E-state index is 0.192. The van der Waals surface area contributed by atoms with Crippen molar-refractivity contribution in [2.24, 2.45) is 10.9 Å². The maximum absolute atomic E-state index is 12.7. The largest absolute Gasteiger partial charge is 0.465 e. The van der Waals surface area contributed by atoms with Crippen LogP contribution in [0.5, 0.6) is 0 Å². The first-order valence-corrected chi connectivity index (χ1v) is 6.87. The van der Waals surface area contributed by atoms with Crippen LogP contribution in [0.3, 0.4) is 0 Å². The van der Waals surface area contributed by atoms with Gasteiger partial charge in [-0.05, 0) is 19.1 Å². The second-order valence-electron chi connectivity index (χ2n) is 4.65. The molecule has 0 N–H and O–H groups in total. The van der Waals surface area contributed by atoms with Crippen molar-refractivity contribution in [1.82, 2.24) is 9.97 Å². The summed E-state index contributed by atoms with van der Waals surface area (Å²) in [6.45, 7) is 1.89. The highest BCUT2D eigenvalue weighted by Gasteiger charge is 2.39. The first-order valence-electron chi connectivity index (χ1n) is 6.87. The van der Waals surface area contributed by atoms with Gasteiger partial charge in [-0.25, -0.2) is 4.99 Å². The number of ether oxygens (including phenoxy) is 1. The number of para-hydroxylation sites is 1. The zero-order valence-electron chi connectivity index (χ0n) is 11.9. The molecule has 3 rings (SSSR count). The van der Waals surface area contributed by atoms with Gasteiger partial charge in [-0.1, -0.05) is 12.1 Å². The molecule has 0 saturated carbocycles. The van der Waals surface area contributed by atoms with Crippen LogP contribution in [0.15, 0.2) is 47.8 Å². The maximum atomic E-state index is 12.7. The van der Waals surface area contributed by atoms with E-state index in [-0.39, 0.29) is 18.1 Å². The van der Waals surface area contributed by atoms with E-state index >= 15 is 0 Å². The number of Topliss-reactive ketones (excluding diaryl/α,β-unsaturated/α-hetero) is 1. The second-order valence-corrected chi connectivity index (χ2v) is 4.65. The van der Waals surface area contributed by atoms with Crippen molar-refractivity contribution < 1.29 is 14.3 Å². The van der Waals surface area contributed by atoms with Gasteiger partial charge in [0.15, 0.2) is 11.7 Å². The SMILES string of the molecule is CCOC(=O)C1C(=O)c2ccccc2N=C1c1cnccn1. The third-order valence-electron chi connectivity index (χ3n) is 3.29. The van der Waals surface area contributed by atoms with Gasteiger partial charge in [0.1, 0.15) is 5.69 Å². The third kappa shape index (κ3) is 2.39. The van der Waals surface area contributed by atoms with Crippen LogP contribution in [0.25, 0.3) is 0 Å². The van der Waals surface area contributed by atoms with Crippen molar-refractivity contribution in [2.45, 2.75) is 6.92 Å². The fourth-order valence-electron chi connectivity index (χ4n) is 2.33. The summed E-state index contributed by atoms with van der Waals surface area (Å²) >= 11 is 0. The highest BCUT2D eigenvalue weighted by molar-refractivity contribution is 6.31. The molecule has 0 saturated heterocycles. The molecule has 0 bridgehead atoms. The first-order chi connectivity index (χ1) is 10.7. The van der Waals surface area contributed by atoms with E-state index in [0.717, 1.165) is 0 Å². The predicted molar refractivity (Wildman–Crippen MR) is 79.1 cm³/mol. The Labute approximate surface area is 126 Å². The van der Waals surface area contributed by atoms with E-state index in [1.54, 1.807) is 31.2 Å². The Bertz CT molecular complexity index is 756. The van der Waals surface area contributed by atoms with Crippen LogP contribution in [-0.2, 0) is 9.53 Å². The number of nitrogens with zero attached hydrogens (tertiary/aromatic N) is 3. The Morgan fingerprint density at radius 2 is 2.09 bits per heavy atom. The van der Waals surface area contributed by atoms with Crippen LogP contribution in [0.4, 0.5) is 5.69 Å². The predicted octanol–water partition coefficient (Wildman–Crippen LogP) is 1.97. The molecule has 1 aromatic heterocycles. The highest BCUT2D eigenvalue weighted by atomic mass is 16.5. The molecule has 0 amide bonds. The molecule has 6 heteroatoms. The maximum Gasteiger partial charge on any atom is 0.323 e. The lowest BCUT2D eigenvalue weighted by atomic mass is 9.88. The van der Waals surface area contributed by atoms with Crippen molar-refractivity contribution in [3.05, 3.63) is 54.1 Å². The number of rotatable bonds is 3. The summed E-state index contributed by atoms with van der Waals surface area (Å²) in [4.78, 5) is 37.5. The molecule has 6 nitrogen and oxygen atoms in total. The van der Waals surface area contributed by atoms with Crippen molar-refractivity contribution >= 4 is 23.2 Å². The monoisotopic (exact) mass is 295 g/mol. The molecule has 0 fully saturated rings. The van der Waals surface area contributed by atoms with Crippen LogP contribution in [-0.4, -0.2) is 34.0 Å². The Kier molecular flexibility index (Phi) is 3.74. The molecule has 0 radical (unpaired) electrons. The molecule has 2 heterocycles. The fourth-order valence-corrected chi connectivity index (χ4v) is 2.33. The van der Waals surface area contributed by atoms with Crippen molar-refractivity contribution in [3.63, 3.8) is 0 Å². The van der Waals surface area contributed by atoms with E-state index in [4.69, 9.17) is 4.74 Å². The molecule has 2 aromatic rings. The number of aliphatic imine (C=N–C) groups is 1. The number of ketones is 1. The number of benzene rings is 1. The normalized spacial score (nSPS) is 16.7. The number of hydrogen-bond donors (Lipinski definition) is 0. The standard InChI is InChI=1S/C16H13N3O3/c1-2-22-16(21)13-14(12-9-17-7-8-18-12)19-11-6-4-3-5-10(11)15(13)20/h3-9,13H,2H2,1H3. The number of hydrogen-bond acceptors (Lipinski definition) is 6. The van der Waals surface area contributed by atoms with Gasteiger partial charge in [-0.3, -0.25) is 19.6 Å². The van der Waals surface area contributed by atoms with Gasteiger partial charge in [-0.15, -0.1) is 0 Å². The minimum Gasteiger partial charge on any atom is -0.465 e. The summed E-state index contributed by atoms with van der Waals surface area (Å²) in [6.07, 6.45) is 4.49. The molecule has 1 aliphatic rings. The molecule has 1 aliphatic heterocycles. The van der Waals surface area contributed by atoms with Crippen LogP contribution in [0.1, 0.15) is 23.0 Å².